The largest absolute Gasteiger partial charge is 0.494 e. The van der Waals surface area contributed by atoms with E-state index in [9.17, 15) is 9.90 Å². The van der Waals surface area contributed by atoms with Crippen LogP contribution < -0.4 is 10.1 Å². The van der Waals surface area contributed by atoms with Gasteiger partial charge in [0, 0.05) is 22.0 Å². The van der Waals surface area contributed by atoms with E-state index in [4.69, 9.17) is 25.7 Å². The lowest BCUT2D eigenvalue weighted by molar-refractivity contribution is 0.0697. The molecule has 1 heterocycles. The fraction of sp³-hybridized carbons (Fsp3) is 0.0833. The van der Waals surface area contributed by atoms with Gasteiger partial charge in [-0.3, -0.25) is 0 Å². The van der Waals surface area contributed by atoms with Crippen LogP contribution in [0.3, 0.4) is 0 Å². The number of rotatable bonds is 5. The lowest BCUT2D eigenvalue weighted by atomic mass is 10.1. The van der Waals surface area contributed by atoms with Crippen molar-refractivity contribution < 1.29 is 19.1 Å². The number of hydrogen-bond acceptors (Lipinski definition) is 4. The Kier molecular flexibility index (Phi) is 5.55. The van der Waals surface area contributed by atoms with Gasteiger partial charge in [0.1, 0.15) is 17.1 Å². The quantitative estimate of drug-likeness (QED) is 0.425. The summed E-state index contributed by atoms with van der Waals surface area (Å²) in [5.74, 6) is 0.326. The molecule has 3 aromatic carbocycles. The molecule has 150 valence electrons. The molecule has 1 aromatic heterocycles. The van der Waals surface area contributed by atoms with Crippen molar-refractivity contribution in [3.63, 3.8) is 0 Å². The fourth-order valence-electron chi connectivity index (χ4n) is 3.10. The Hall–Kier alpha value is -3.57. The maximum absolute atomic E-state index is 11.3. The van der Waals surface area contributed by atoms with Crippen LogP contribution in [0.1, 0.15) is 17.3 Å². The fourth-order valence-corrected chi connectivity index (χ4v) is 3.23. The summed E-state index contributed by atoms with van der Waals surface area (Å²) in [5.41, 5.74) is 2.20. The summed E-state index contributed by atoms with van der Waals surface area (Å²) in [6, 6.07) is 21.2. The van der Waals surface area contributed by atoms with Gasteiger partial charge in [-0.1, -0.05) is 17.7 Å². The van der Waals surface area contributed by atoms with Gasteiger partial charge in [0.05, 0.1) is 23.2 Å². The number of benzene rings is 3. The van der Waals surface area contributed by atoms with Crippen LogP contribution in [-0.4, -0.2) is 17.7 Å². The second-order valence-corrected chi connectivity index (χ2v) is 7.00. The molecule has 4 rings (SSSR count). The van der Waals surface area contributed by atoms with Gasteiger partial charge in [-0.2, -0.15) is 0 Å². The zero-order valence-corrected chi connectivity index (χ0v) is 16.9. The zero-order chi connectivity index (χ0) is 21.1. The first-order chi connectivity index (χ1) is 14.5. The van der Waals surface area contributed by atoms with E-state index in [1.54, 1.807) is 24.3 Å². The molecule has 0 aliphatic heterocycles. The summed E-state index contributed by atoms with van der Waals surface area (Å²) in [7, 11) is 0. The highest BCUT2D eigenvalue weighted by Gasteiger charge is 2.09. The Balaban J connectivity index is 1.96. The van der Waals surface area contributed by atoms with Crippen molar-refractivity contribution in [1.29, 1.82) is 0 Å². The predicted molar refractivity (Wildman–Crippen MR) is 116 cm³/mol. The number of carboxylic acid groups (broad SMARTS) is 1. The number of nitrogens with zero attached hydrogens (tertiary/aromatic N) is 1. The average Bonchev–Trinajstić information content (AvgIpc) is 2.75. The van der Waals surface area contributed by atoms with Gasteiger partial charge in [-0.05, 0) is 67.6 Å². The second-order valence-electron chi connectivity index (χ2n) is 6.56. The minimum Gasteiger partial charge on any atom is -0.494 e. The Morgan fingerprint density at radius 1 is 1.07 bits per heavy atom. The van der Waals surface area contributed by atoms with Crippen molar-refractivity contribution in [2.24, 2.45) is 4.99 Å². The van der Waals surface area contributed by atoms with Crippen LogP contribution in [-0.2, 0) is 0 Å². The summed E-state index contributed by atoms with van der Waals surface area (Å²) in [4.78, 5) is 16.0. The smallest absolute Gasteiger partial charge is 0.335 e. The third-order valence-electron chi connectivity index (χ3n) is 4.50. The summed E-state index contributed by atoms with van der Waals surface area (Å²) >= 11 is 6.01. The van der Waals surface area contributed by atoms with Crippen molar-refractivity contribution in [2.75, 3.05) is 6.61 Å². The number of carbonyl (C=O) groups is 1. The van der Waals surface area contributed by atoms with Gasteiger partial charge in [0.15, 0.2) is 0 Å². The number of ether oxygens (including phenoxy) is 1. The summed E-state index contributed by atoms with van der Waals surface area (Å²) in [6.07, 6.45) is 0. The topological polar surface area (TPSA) is 72.0 Å². The normalized spacial score (nSPS) is 11.6. The molecule has 4 aromatic rings. The highest BCUT2D eigenvalue weighted by Crippen LogP contribution is 2.26. The number of hydrogen-bond donors (Lipinski definition) is 1. The molecular weight excluding hydrogens is 402 g/mol. The van der Waals surface area contributed by atoms with Gasteiger partial charge in [-0.25, -0.2) is 9.79 Å². The SMILES string of the molecule is CCOc1ccc2oc(-c3ccc(Cl)cc3)cc(=Nc3cccc(C(=O)O)c3)c2c1. The van der Waals surface area contributed by atoms with E-state index in [0.717, 1.165) is 10.9 Å². The second kappa shape index (κ2) is 8.43. The van der Waals surface area contributed by atoms with Crippen LogP contribution in [0.15, 0.2) is 82.2 Å². The average molecular weight is 420 g/mol. The van der Waals surface area contributed by atoms with Crippen molar-refractivity contribution in [1.82, 2.24) is 0 Å². The molecule has 0 fully saturated rings. The molecule has 1 N–H and O–H groups in total. The Labute approximate surface area is 177 Å². The van der Waals surface area contributed by atoms with E-state index in [1.165, 1.54) is 12.1 Å². The van der Waals surface area contributed by atoms with E-state index >= 15 is 0 Å². The molecule has 0 aliphatic rings. The van der Waals surface area contributed by atoms with Gasteiger partial charge in [0.25, 0.3) is 0 Å². The first-order valence-corrected chi connectivity index (χ1v) is 9.76. The molecule has 0 saturated heterocycles. The molecule has 0 amide bonds. The third kappa shape index (κ3) is 4.21. The van der Waals surface area contributed by atoms with Crippen LogP contribution >= 0.6 is 11.6 Å². The van der Waals surface area contributed by atoms with E-state index in [2.05, 4.69) is 0 Å². The molecule has 0 spiro atoms. The Bertz CT molecular complexity index is 1290. The first-order valence-electron chi connectivity index (χ1n) is 9.38. The molecule has 0 bridgehead atoms. The molecule has 0 atom stereocenters. The molecule has 6 heteroatoms. The lowest BCUT2D eigenvalue weighted by Crippen LogP contribution is -2.04. The van der Waals surface area contributed by atoms with Crippen molar-refractivity contribution in [2.45, 2.75) is 6.92 Å². The standard InChI is InChI=1S/C24H18ClNO4/c1-2-29-19-10-11-22-20(13-19)21(26-18-5-3-4-16(12-18)24(27)28)14-23(30-22)15-6-8-17(25)9-7-15/h3-14H,2H2,1H3,(H,27,28). The molecule has 0 aliphatic carbocycles. The van der Waals surface area contributed by atoms with Gasteiger partial charge in [0.2, 0.25) is 0 Å². The van der Waals surface area contributed by atoms with Crippen LogP contribution in [0.2, 0.25) is 5.02 Å². The third-order valence-corrected chi connectivity index (χ3v) is 4.75. The number of fused-ring (bicyclic) bond motifs is 1. The number of aromatic carboxylic acids is 1. The first kappa shape index (κ1) is 19.7. The summed E-state index contributed by atoms with van der Waals surface area (Å²) < 4.78 is 11.7. The summed E-state index contributed by atoms with van der Waals surface area (Å²) in [6.45, 7) is 2.46. The van der Waals surface area contributed by atoms with Crippen molar-refractivity contribution in [3.8, 4) is 17.1 Å². The summed E-state index contributed by atoms with van der Waals surface area (Å²) in [5, 5.41) is 11.3. The van der Waals surface area contributed by atoms with Crippen molar-refractivity contribution in [3.05, 3.63) is 88.7 Å². The molecular formula is C24H18ClNO4. The minimum absolute atomic E-state index is 0.175. The van der Waals surface area contributed by atoms with Gasteiger partial charge < -0.3 is 14.3 Å². The van der Waals surface area contributed by atoms with Crippen LogP contribution in [0.5, 0.6) is 5.75 Å². The predicted octanol–water partition coefficient (Wildman–Crippen LogP) is 6.08. The Morgan fingerprint density at radius 3 is 2.60 bits per heavy atom. The zero-order valence-electron chi connectivity index (χ0n) is 16.1. The maximum atomic E-state index is 11.3. The van der Waals surface area contributed by atoms with Crippen molar-refractivity contribution >= 4 is 34.2 Å². The number of halogens is 1. The lowest BCUT2D eigenvalue weighted by Gasteiger charge is -2.08. The van der Waals surface area contributed by atoms with E-state index < -0.39 is 5.97 Å². The van der Waals surface area contributed by atoms with Gasteiger partial charge in [-0.15, -0.1) is 0 Å². The molecule has 5 nitrogen and oxygen atoms in total. The molecule has 0 unspecified atom stereocenters. The molecule has 0 radical (unpaired) electrons. The Morgan fingerprint density at radius 2 is 1.87 bits per heavy atom. The molecule has 30 heavy (non-hydrogen) atoms. The van der Waals surface area contributed by atoms with Crippen LogP contribution in [0, 0.1) is 0 Å². The molecule has 0 saturated carbocycles. The number of carboxylic acids is 1. The minimum atomic E-state index is -1.000. The van der Waals surface area contributed by atoms with Gasteiger partial charge >= 0.3 is 5.97 Å². The maximum Gasteiger partial charge on any atom is 0.335 e. The van der Waals surface area contributed by atoms with Crippen LogP contribution in [0.25, 0.3) is 22.3 Å². The monoisotopic (exact) mass is 419 g/mol. The highest BCUT2D eigenvalue weighted by atomic mass is 35.5. The highest BCUT2D eigenvalue weighted by molar-refractivity contribution is 6.30. The van der Waals surface area contributed by atoms with E-state index in [0.29, 0.717) is 39.8 Å². The van der Waals surface area contributed by atoms with E-state index in [1.807, 2.05) is 43.3 Å². The van der Waals surface area contributed by atoms with E-state index in [-0.39, 0.29) is 5.56 Å². The van der Waals surface area contributed by atoms with Crippen LogP contribution in [0.4, 0.5) is 5.69 Å².